The van der Waals surface area contributed by atoms with Gasteiger partial charge in [0, 0.05) is 38.6 Å². The molecule has 0 unspecified atom stereocenters. The third-order valence-corrected chi connectivity index (χ3v) is 4.72. The van der Waals surface area contributed by atoms with Gasteiger partial charge in [0.15, 0.2) is 11.5 Å². The number of pyridine rings is 1. The molecule has 9 nitrogen and oxygen atoms in total. The van der Waals surface area contributed by atoms with E-state index in [2.05, 4.69) is 4.98 Å². The molecule has 1 aliphatic rings. The molecule has 0 atom stereocenters. The van der Waals surface area contributed by atoms with Gasteiger partial charge < -0.3 is 24.4 Å². The zero-order chi connectivity index (χ0) is 21.0. The lowest BCUT2D eigenvalue weighted by Gasteiger charge is -2.35. The minimum Gasteiger partial charge on any atom is -0.493 e. The van der Waals surface area contributed by atoms with E-state index in [4.69, 9.17) is 14.6 Å². The Balaban J connectivity index is 1.69. The van der Waals surface area contributed by atoms with E-state index in [9.17, 15) is 14.4 Å². The monoisotopic (exact) mass is 399 g/mol. The fourth-order valence-electron chi connectivity index (χ4n) is 3.19. The normalized spacial score (nSPS) is 13.7. The zero-order valence-corrected chi connectivity index (χ0v) is 16.1. The fraction of sp³-hybridized carbons (Fsp3) is 0.300. The largest absolute Gasteiger partial charge is 0.493 e. The molecule has 1 aromatic carbocycles. The summed E-state index contributed by atoms with van der Waals surface area (Å²) >= 11 is 0. The van der Waals surface area contributed by atoms with Gasteiger partial charge in [0.1, 0.15) is 0 Å². The lowest BCUT2D eigenvalue weighted by atomic mass is 10.1. The molecule has 29 heavy (non-hydrogen) atoms. The summed E-state index contributed by atoms with van der Waals surface area (Å²) in [6, 6.07) is 6.41. The van der Waals surface area contributed by atoms with Crippen LogP contribution < -0.4 is 9.47 Å². The maximum Gasteiger partial charge on any atom is 0.337 e. The molecule has 9 heteroatoms. The average molecular weight is 399 g/mol. The second-order valence-corrected chi connectivity index (χ2v) is 6.39. The highest BCUT2D eigenvalue weighted by Crippen LogP contribution is 2.31. The van der Waals surface area contributed by atoms with Crippen LogP contribution in [0.25, 0.3) is 0 Å². The number of nitrogens with zero attached hydrogens (tertiary/aromatic N) is 3. The number of benzene rings is 1. The molecule has 1 saturated heterocycles. The van der Waals surface area contributed by atoms with E-state index >= 15 is 0 Å². The number of aromatic nitrogens is 1. The van der Waals surface area contributed by atoms with Crippen molar-refractivity contribution >= 4 is 17.8 Å². The van der Waals surface area contributed by atoms with Gasteiger partial charge in [-0.1, -0.05) is 6.07 Å². The van der Waals surface area contributed by atoms with Crippen LogP contribution in [-0.2, 0) is 0 Å². The molecule has 1 aliphatic heterocycles. The Hall–Kier alpha value is -3.62. The van der Waals surface area contributed by atoms with Crippen molar-refractivity contribution in [2.75, 3.05) is 40.4 Å². The summed E-state index contributed by atoms with van der Waals surface area (Å²) < 4.78 is 10.6. The SMILES string of the molecule is COc1cccc(C(=O)N2CCN(C(=O)c3cncc(C(=O)O)c3)CC2)c1OC. The van der Waals surface area contributed by atoms with Crippen LogP contribution in [0, 0.1) is 0 Å². The number of carbonyl (C=O) groups is 3. The molecule has 2 heterocycles. The van der Waals surface area contributed by atoms with Gasteiger partial charge in [0.25, 0.3) is 11.8 Å². The number of carboxylic acid groups (broad SMARTS) is 1. The predicted molar refractivity (Wildman–Crippen MR) is 103 cm³/mol. The van der Waals surface area contributed by atoms with Crippen molar-refractivity contribution in [2.45, 2.75) is 0 Å². The van der Waals surface area contributed by atoms with Crippen LogP contribution >= 0.6 is 0 Å². The van der Waals surface area contributed by atoms with Crippen LogP contribution in [0.2, 0.25) is 0 Å². The molecule has 1 aromatic heterocycles. The van der Waals surface area contributed by atoms with Crippen LogP contribution in [0.1, 0.15) is 31.1 Å². The summed E-state index contributed by atoms with van der Waals surface area (Å²) in [7, 11) is 2.98. The van der Waals surface area contributed by atoms with Gasteiger partial charge >= 0.3 is 5.97 Å². The topological polar surface area (TPSA) is 109 Å². The Morgan fingerprint density at radius 1 is 0.931 bits per heavy atom. The number of rotatable bonds is 5. The van der Waals surface area contributed by atoms with Gasteiger partial charge in [-0.15, -0.1) is 0 Å². The third kappa shape index (κ3) is 4.13. The molecular formula is C20H21N3O6. The maximum absolute atomic E-state index is 12.9. The number of para-hydroxylation sites is 1. The average Bonchev–Trinajstić information content (AvgIpc) is 2.77. The van der Waals surface area contributed by atoms with E-state index in [1.807, 2.05) is 0 Å². The molecular weight excluding hydrogens is 378 g/mol. The molecule has 0 bridgehead atoms. The molecule has 0 radical (unpaired) electrons. The Morgan fingerprint density at radius 2 is 1.55 bits per heavy atom. The van der Waals surface area contributed by atoms with Gasteiger partial charge in [-0.2, -0.15) is 0 Å². The van der Waals surface area contributed by atoms with E-state index in [1.54, 1.807) is 28.0 Å². The first-order valence-corrected chi connectivity index (χ1v) is 8.94. The van der Waals surface area contributed by atoms with Gasteiger partial charge in [-0.05, 0) is 18.2 Å². The van der Waals surface area contributed by atoms with E-state index in [0.717, 1.165) is 0 Å². The van der Waals surface area contributed by atoms with Crippen molar-refractivity contribution < 1.29 is 29.0 Å². The van der Waals surface area contributed by atoms with Crippen LogP contribution in [0.4, 0.5) is 0 Å². The molecule has 2 amide bonds. The summed E-state index contributed by atoms with van der Waals surface area (Å²) in [4.78, 5) is 43.7. The third-order valence-electron chi connectivity index (χ3n) is 4.72. The molecule has 0 saturated carbocycles. The summed E-state index contributed by atoms with van der Waals surface area (Å²) in [5, 5.41) is 9.06. The summed E-state index contributed by atoms with van der Waals surface area (Å²) in [5.74, 6) is -0.822. The molecule has 152 valence electrons. The summed E-state index contributed by atoms with van der Waals surface area (Å²) in [6.45, 7) is 1.34. The number of amides is 2. The number of ether oxygens (including phenoxy) is 2. The Bertz CT molecular complexity index is 938. The van der Waals surface area contributed by atoms with Gasteiger partial charge in [-0.3, -0.25) is 14.6 Å². The number of hydrogen-bond donors (Lipinski definition) is 1. The van der Waals surface area contributed by atoms with E-state index in [-0.39, 0.29) is 22.9 Å². The highest BCUT2D eigenvalue weighted by Gasteiger charge is 2.28. The number of carboxylic acids is 1. The van der Waals surface area contributed by atoms with Crippen molar-refractivity contribution in [1.29, 1.82) is 0 Å². The number of methoxy groups -OCH3 is 2. The van der Waals surface area contributed by atoms with E-state index < -0.39 is 5.97 Å². The van der Waals surface area contributed by atoms with Crippen LogP contribution in [0.15, 0.2) is 36.7 Å². The smallest absolute Gasteiger partial charge is 0.337 e. The van der Waals surface area contributed by atoms with E-state index in [0.29, 0.717) is 43.2 Å². The number of carbonyl (C=O) groups excluding carboxylic acids is 2. The second-order valence-electron chi connectivity index (χ2n) is 6.39. The lowest BCUT2D eigenvalue weighted by Crippen LogP contribution is -2.50. The van der Waals surface area contributed by atoms with E-state index in [1.165, 1.54) is 32.7 Å². The minimum absolute atomic E-state index is 0.0465. The fourth-order valence-corrected chi connectivity index (χ4v) is 3.19. The second kappa shape index (κ2) is 8.59. The number of piperazine rings is 1. The van der Waals surface area contributed by atoms with Crippen molar-refractivity contribution in [3.63, 3.8) is 0 Å². The van der Waals surface area contributed by atoms with Crippen LogP contribution in [-0.4, -0.2) is 78.1 Å². The van der Waals surface area contributed by atoms with Crippen molar-refractivity contribution in [3.05, 3.63) is 53.3 Å². The molecule has 1 N–H and O–H groups in total. The Morgan fingerprint density at radius 3 is 2.14 bits per heavy atom. The molecule has 1 fully saturated rings. The van der Waals surface area contributed by atoms with Crippen molar-refractivity contribution in [1.82, 2.24) is 14.8 Å². The van der Waals surface area contributed by atoms with Crippen LogP contribution in [0.3, 0.4) is 0 Å². The Kier molecular flexibility index (Phi) is 5.96. The Labute approximate surface area is 167 Å². The first-order chi connectivity index (χ1) is 14.0. The molecule has 2 aromatic rings. The van der Waals surface area contributed by atoms with Gasteiger partial charge in [0.05, 0.1) is 30.9 Å². The number of aromatic carboxylic acids is 1. The minimum atomic E-state index is -1.14. The summed E-state index contributed by atoms with van der Waals surface area (Å²) in [5.41, 5.74) is 0.555. The predicted octanol–water partition coefficient (Wildman–Crippen LogP) is 1.40. The quantitative estimate of drug-likeness (QED) is 0.809. The van der Waals surface area contributed by atoms with Gasteiger partial charge in [-0.25, -0.2) is 4.79 Å². The van der Waals surface area contributed by atoms with Crippen molar-refractivity contribution in [2.24, 2.45) is 0 Å². The molecule has 0 aliphatic carbocycles. The van der Waals surface area contributed by atoms with Crippen LogP contribution in [0.5, 0.6) is 11.5 Å². The molecule has 3 rings (SSSR count). The highest BCUT2D eigenvalue weighted by atomic mass is 16.5. The standard InChI is InChI=1S/C20H21N3O6/c1-28-16-5-3-4-15(17(16)29-2)19(25)23-8-6-22(7-9-23)18(24)13-10-14(20(26)27)12-21-11-13/h3-5,10-12H,6-9H2,1-2H3,(H,26,27). The first kappa shape index (κ1) is 20.1. The zero-order valence-electron chi connectivity index (χ0n) is 16.1. The number of hydrogen-bond acceptors (Lipinski definition) is 6. The highest BCUT2D eigenvalue weighted by molar-refractivity contribution is 5.99. The first-order valence-electron chi connectivity index (χ1n) is 8.94. The molecule has 0 spiro atoms. The van der Waals surface area contributed by atoms with Gasteiger partial charge in [0.2, 0.25) is 0 Å². The lowest BCUT2D eigenvalue weighted by molar-refractivity contribution is 0.0532. The summed E-state index contributed by atoms with van der Waals surface area (Å²) in [6.07, 6.45) is 2.53. The van der Waals surface area contributed by atoms with Crippen molar-refractivity contribution in [3.8, 4) is 11.5 Å². The maximum atomic E-state index is 12.9.